The number of imidazole rings is 1. The van der Waals surface area contributed by atoms with Crippen LogP contribution < -0.4 is 5.73 Å². The van der Waals surface area contributed by atoms with Gasteiger partial charge >= 0.3 is 11.8 Å². The van der Waals surface area contributed by atoms with Crippen molar-refractivity contribution in [2.24, 2.45) is 12.8 Å². The van der Waals surface area contributed by atoms with E-state index in [9.17, 15) is 14.9 Å². The van der Waals surface area contributed by atoms with E-state index in [4.69, 9.17) is 10.8 Å². The Morgan fingerprint density at radius 1 is 1.88 bits per heavy atom. The van der Waals surface area contributed by atoms with Gasteiger partial charge in [0.1, 0.15) is 6.04 Å². The second kappa shape index (κ2) is 4.94. The van der Waals surface area contributed by atoms with Crippen molar-refractivity contribution in [1.29, 1.82) is 0 Å². The number of aromatic nitrogens is 2. The van der Waals surface area contributed by atoms with Gasteiger partial charge in [-0.1, -0.05) is 11.8 Å². The number of rotatable bonds is 5. The molecule has 0 aliphatic heterocycles. The number of nitrogens with zero attached hydrogens (tertiary/aromatic N) is 3. The molecule has 0 bridgehead atoms. The van der Waals surface area contributed by atoms with E-state index in [-0.39, 0.29) is 11.6 Å². The summed E-state index contributed by atoms with van der Waals surface area (Å²) in [5.41, 5.74) is 5.29. The number of aliphatic carboxylic acids is 1. The van der Waals surface area contributed by atoms with Crippen molar-refractivity contribution >= 4 is 23.5 Å². The van der Waals surface area contributed by atoms with Crippen LogP contribution in [0.1, 0.15) is 0 Å². The predicted octanol–water partition coefficient (Wildman–Crippen LogP) is -0.168. The molecule has 0 saturated carbocycles. The minimum absolute atomic E-state index is 0.0513. The molecule has 1 rings (SSSR count). The lowest BCUT2D eigenvalue weighted by atomic mass is 10.4. The summed E-state index contributed by atoms with van der Waals surface area (Å²) in [5, 5.41) is 19.4. The average Bonchev–Trinajstić information content (AvgIpc) is 2.56. The fourth-order valence-corrected chi connectivity index (χ4v) is 1.93. The standard InChI is InChI=1S/C7H10N4O4S/c1-10-3-9-5(11(14)15)6(10)16-2-4(8)7(12)13/h3-4H,2,8H2,1H3,(H,12,13)/t4-/m0/s1. The summed E-state index contributed by atoms with van der Waals surface area (Å²) in [6, 6.07) is -1.06. The number of hydrogen-bond acceptors (Lipinski definition) is 6. The Balaban J connectivity index is 2.77. The molecule has 1 aromatic heterocycles. The highest BCUT2D eigenvalue weighted by Crippen LogP contribution is 2.27. The van der Waals surface area contributed by atoms with Gasteiger partial charge in [0.2, 0.25) is 6.33 Å². The Kier molecular flexibility index (Phi) is 3.85. The third-order valence-corrected chi connectivity index (χ3v) is 3.02. The lowest BCUT2D eigenvalue weighted by molar-refractivity contribution is -0.392. The van der Waals surface area contributed by atoms with Crippen LogP contribution in [0.25, 0.3) is 0 Å². The van der Waals surface area contributed by atoms with Crippen LogP contribution in [0.15, 0.2) is 11.4 Å². The minimum atomic E-state index is -1.14. The number of carboxylic acid groups (broad SMARTS) is 1. The van der Waals surface area contributed by atoms with Gasteiger partial charge in [0.25, 0.3) is 0 Å². The molecule has 0 aromatic carbocycles. The first-order chi connectivity index (χ1) is 7.43. The number of carboxylic acids is 1. The number of thioether (sulfide) groups is 1. The van der Waals surface area contributed by atoms with Gasteiger partial charge in [-0.15, -0.1) is 0 Å². The van der Waals surface area contributed by atoms with Crippen LogP contribution in [-0.2, 0) is 11.8 Å². The summed E-state index contributed by atoms with van der Waals surface area (Å²) in [4.78, 5) is 24.0. The van der Waals surface area contributed by atoms with Gasteiger partial charge < -0.3 is 25.5 Å². The van der Waals surface area contributed by atoms with Crippen molar-refractivity contribution in [3.63, 3.8) is 0 Å². The second-order valence-electron chi connectivity index (χ2n) is 3.00. The SMILES string of the molecule is Cn1cnc([N+](=O)[O-])c1SC[C@H](N)C(=O)O. The first-order valence-corrected chi connectivity index (χ1v) is 5.19. The van der Waals surface area contributed by atoms with Crippen molar-refractivity contribution in [1.82, 2.24) is 9.55 Å². The maximum atomic E-state index is 10.6. The molecule has 0 unspecified atom stereocenters. The molecule has 0 spiro atoms. The monoisotopic (exact) mass is 246 g/mol. The molecular formula is C7H10N4O4S. The average molecular weight is 246 g/mol. The van der Waals surface area contributed by atoms with Crippen LogP contribution in [0.4, 0.5) is 5.82 Å². The highest BCUT2D eigenvalue weighted by Gasteiger charge is 2.22. The van der Waals surface area contributed by atoms with Crippen LogP contribution in [-0.4, -0.2) is 37.3 Å². The Labute approximate surface area is 94.6 Å². The zero-order valence-electron chi connectivity index (χ0n) is 8.36. The van der Waals surface area contributed by atoms with E-state index in [1.54, 1.807) is 7.05 Å². The molecule has 1 aromatic rings. The first-order valence-electron chi connectivity index (χ1n) is 4.20. The van der Waals surface area contributed by atoms with Gasteiger partial charge in [0.15, 0.2) is 5.03 Å². The molecule has 16 heavy (non-hydrogen) atoms. The number of carbonyl (C=O) groups is 1. The van der Waals surface area contributed by atoms with Crippen LogP contribution in [0.2, 0.25) is 0 Å². The van der Waals surface area contributed by atoms with Crippen LogP contribution in [0.5, 0.6) is 0 Å². The van der Waals surface area contributed by atoms with E-state index in [2.05, 4.69) is 4.98 Å². The molecule has 1 atom stereocenters. The summed E-state index contributed by atoms with van der Waals surface area (Å²) < 4.78 is 1.46. The minimum Gasteiger partial charge on any atom is -0.480 e. The second-order valence-corrected chi connectivity index (χ2v) is 4.01. The van der Waals surface area contributed by atoms with Crippen molar-refractivity contribution < 1.29 is 14.8 Å². The Hall–Kier alpha value is -1.61. The van der Waals surface area contributed by atoms with E-state index in [0.717, 1.165) is 11.8 Å². The van der Waals surface area contributed by atoms with Gasteiger partial charge in [-0.05, 0) is 9.91 Å². The van der Waals surface area contributed by atoms with Crippen molar-refractivity contribution in [3.8, 4) is 0 Å². The molecule has 0 aliphatic rings. The van der Waals surface area contributed by atoms with Gasteiger partial charge in [0.05, 0.1) is 0 Å². The number of hydrogen-bond donors (Lipinski definition) is 2. The van der Waals surface area contributed by atoms with Crippen LogP contribution >= 0.6 is 11.8 Å². The lowest BCUT2D eigenvalue weighted by Crippen LogP contribution is -2.32. The molecule has 3 N–H and O–H groups in total. The smallest absolute Gasteiger partial charge is 0.395 e. The Morgan fingerprint density at radius 2 is 2.50 bits per heavy atom. The third-order valence-electron chi connectivity index (χ3n) is 1.75. The topological polar surface area (TPSA) is 124 Å². The van der Waals surface area contributed by atoms with E-state index >= 15 is 0 Å². The quantitative estimate of drug-likeness (QED) is 0.420. The maximum Gasteiger partial charge on any atom is 0.395 e. The molecule has 0 aliphatic carbocycles. The van der Waals surface area contributed by atoms with Crippen LogP contribution in [0, 0.1) is 10.1 Å². The zero-order chi connectivity index (χ0) is 12.3. The maximum absolute atomic E-state index is 10.6. The summed E-state index contributed by atoms with van der Waals surface area (Å²) in [6.45, 7) is 0. The molecule has 88 valence electrons. The molecule has 0 saturated heterocycles. The molecule has 8 nitrogen and oxygen atoms in total. The highest BCUT2D eigenvalue weighted by atomic mass is 32.2. The molecule has 9 heteroatoms. The predicted molar refractivity (Wildman–Crippen MR) is 56.2 cm³/mol. The zero-order valence-corrected chi connectivity index (χ0v) is 9.18. The largest absolute Gasteiger partial charge is 0.480 e. The first kappa shape index (κ1) is 12.5. The normalized spacial score (nSPS) is 12.4. The number of aryl methyl sites for hydroxylation is 1. The number of nitro groups is 1. The highest BCUT2D eigenvalue weighted by molar-refractivity contribution is 7.99. The van der Waals surface area contributed by atoms with Gasteiger partial charge in [0, 0.05) is 12.8 Å². The molecular weight excluding hydrogens is 236 g/mol. The number of nitrogens with two attached hydrogens (primary N) is 1. The third kappa shape index (κ3) is 2.70. The lowest BCUT2D eigenvalue weighted by Gasteiger charge is -2.05. The molecule has 1 heterocycles. The summed E-state index contributed by atoms with van der Waals surface area (Å²) in [5.74, 6) is -1.38. The van der Waals surface area contributed by atoms with E-state index in [0.29, 0.717) is 5.03 Å². The summed E-state index contributed by atoms with van der Waals surface area (Å²) in [7, 11) is 1.59. The van der Waals surface area contributed by atoms with E-state index < -0.39 is 16.9 Å². The molecule has 0 radical (unpaired) electrons. The Bertz CT molecular complexity index is 419. The van der Waals surface area contributed by atoms with Gasteiger partial charge in [-0.25, -0.2) is 0 Å². The fourth-order valence-electron chi connectivity index (χ4n) is 0.938. The van der Waals surface area contributed by atoms with E-state index in [1.807, 2.05) is 0 Å². The molecule has 0 fully saturated rings. The van der Waals surface area contributed by atoms with Crippen molar-refractivity contribution in [3.05, 3.63) is 16.4 Å². The van der Waals surface area contributed by atoms with E-state index in [1.165, 1.54) is 10.9 Å². The van der Waals surface area contributed by atoms with Crippen molar-refractivity contribution in [2.45, 2.75) is 11.1 Å². The summed E-state index contributed by atoms with van der Waals surface area (Å²) >= 11 is 0.998. The van der Waals surface area contributed by atoms with Crippen molar-refractivity contribution in [2.75, 3.05) is 5.75 Å². The summed E-state index contributed by atoms with van der Waals surface area (Å²) in [6.07, 6.45) is 1.30. The van der Waals surface area contributed by atoms with Gasteiger partial charge in [-0.2, -0.15) is 0 Å². The fraction of sp³-hybridized carbons (Fsp3) is 0.429. The molecule has 0 amide bonds. The van der Waals surface area contributed by atoms with Crippen LogP contribution in [0.3, 0.4) is 0 Å². The Morgan fingerprint density at radius 3 is 3.00 bits per heavy atom. The van der Waals surface area contributed by atoms with Gasteiger partial charge in [-0.3, -0.25) is 4.79 Å².